The van der Waals surface area contributed by atoms with E-state index in [2.05, 4.69) is 47.4 Å². The summed E-state index contributed by atoms with van der Waals surface area (Å²) in [7, 11) is 1.92. The predicted octanol–water partition coefficient (Wildman–Crippen LogP) is 8.92. The summed E-state index contributed by atoms with van der Waals surface area (Å²) in [5, 5.41) is 18.8. The molecule has 0 radical (unpaired) electrons. The smallest absolute Gasteiger partial charge is 0.329 e. The second kappa shape index (κ2) is 16.1. The van der Waals surface area contributed by atoms with Gasteiger partial charge in [0.25, 0.3) is 0 Å². The first-order valence-corrected chi connectivity index (χ1v) is 19.7. The second-order valence-electron chi connectivity index (χ2n) is 15.7. The van der Waals surface area contributed by atoms with Crippen LogP contribution in [-0.2, 0) is 41.4 Å². The van der Waals surface area contributed by atoms with Crippen molar-refractivity contribution in [1.29, 1.82) is 0 Å². The molecule has 1 spiro atoms. The lowest BCUT2D eigenvalue weighted by Gasteiger charge is -2.47. The van der Waals surface area contributed by atoms with Gasteiger partial charge in [0.05, 0.1) is 32.1 Å². The van der Waals surface area contributed by atoms with Gasteiger partial charge in [-0.3, -0.25) is 9.67 Å². The van der Waals surface area contributed by atoms with Crippen LogP contribution >= 0.6 is 11.6 Å². The summed E-state index contributed by atoms with van der Waals surface area (Å²) in [5.74, 6) is 2.15. The molecule has 3 aliphatic rings. The Morgan fingerprint density at radius 3 is 2.70 bits per heavy atom. The van der Waals surface area contributed by atoms with E-state index in [4.69, 9.17) is 25.8 Å². The van der Waals surface area contributed by atoms with E-state index in [0.29, 0.717) is 62.0 Å². The molecule has 2 aromatic carbocycles. The Kier molecular flexibility index (Phi) is 11.3. The van der Waals surface area contributed by atoms with E-state index in [-0.39, 0.29) is 5.41 Å². The van der Waals surface area contributed by atoms with Gasteiger partial charge in [-0.1, -0.05) is 37.6 Å². The van der Waals surface area contributed by atoms with E-state index in [1.165, 1.54) is 35.2 Å². The van der Waals surface area contributed by atoms with Crippen LogP contribution in [0.1, 0.15) is 99.2 Å². The molecule has 7 rings (SSSR count). The molecule has 0 saturated heterocycles. The maximum absolute atomic E-state index is 13.0. The maximum Gasteiger partial charge on any atom is 0.329 e. The number of nitrogens with one attached hydrogen (secondary N) is 1. The minimum atomic E-state index is -1.07. The number of hydrogen-bond donors (Lipinski definition) is 2. The van der Waals surface area contributed by atoms with Crippen molar-refractivity contribution in [2.24, 2.45) is 18.9 Å². The minimum Gasteiger partial charge on any atom is -0.493 e. The standard InChI is InChI=1S/C43H53ClN4O5/c1-29(27-53-39-14-19-45-38-10-4-7-30(2)40(38)39)23-32-24-31-11-12-36(52-22-6-21-51-28-35-13-20-46-48(35)3)26-37(31)42(32)15-17-43(18-16-42,41(49)50)47-34-9-5-8-33(44)25-34/h5,8-9,11-14,19-20,25-26,29-30,32,47H,4,6-7,10,15-18,21-24,27-28H2,1-3H3,(H,49,50)/t29-,30-,32?,42?,43?/m1/s1. The molecule has 10 heteroatoms. The molecule has 2 heterocycles. The molecule has 2 aromatic heterocycles. The number of nitrogens with zero attached hydrogens (tertiary/aromatic N) is 3. The van der Waals surface area contributed by atoms with Crippen LogP contribution in [-0.4, -0.2) is 51.2 Å². The van der Waals surface area contributed by atoms with Crippen LogP contribution in [0.4, 0.5) is 5.69 Å². The number of fused-ring (bicyclic) bond motifs is 3. The van der Waals surface area contributed by atoms with Crippen LogP contribution in [0.25, 0.3) is 0 Å². The quantitative estimate of drug-likeness (QED) is 0.116. The molecule has 282 valence electrons. The normalized spacial score (nSPS) is 24.0. The Balaban J connectivity index is 1.06. The first-order chi connectivity index (χ1) is 25.7. The molecule has 3 aliphatic carbocycles. The zero-order chi connectivity index (χ0) is 37.0. The molecule has 9 nitrogen and oxygen atoms in total. The van der Waals surface area contributed by atoms with Gasteiger partial charge in [0.2, 0.25) is 0 Å². The van der Waals surface area contributed by atoms with Gasteiger partial charge in [-0.05, 0) is 135 Å². The van der Waals surface area contributed by atoms with Gasteiger partial charge in [0.15, 0.2) is 0 Å². The van der Waals surface area contributed by atoms with Crippen LogP contribution in [0.2, 0.25) is 5.02 Å². The van der Waals surface area contributed by atoms with E-state index in [0.717, 1.165) is 61.4 Å². The van der Waals surface area contributed by atoms with E-state index >= 15 is 0 Å². The topological polar surface area (TPSA) is 108 Å². The fourth-order valence-corrected chi connectivity index (χ4v) is 9.43. The highest BCUT2D eigenvalue weighted by atomic mass is 35.5. The van der Waals surface area contributed by atoms with Crippen LogP contribution < -0.4 is 14.8 Å². The number of pyridine rings is 1. The number of carbonyl (C=O) groups is 1. The van der Waals surface area contributed by atoms with Gasteiger partial charge in [0, 0.05) is 47.8 Å². The van der Waals surface area contributed by atoms with Crippen molar-refractivity contribution in [3.05, 3.63) is 100 Å². The van der Waals surface area contributed by atoms with Crippen LogP contribution in [0.5, 0.6) is 11.5 Å². The molecule has 0 bridgehead atoms. The fourth-order valence-electron chi connectivity index (χ4n) is 9.24. The van der Waals surface area contributed by atoms with Crippen LogP contribution in [0.15, 0.2) is 67.0 Å². The highest BCUT2D eigenvalue weighted by molar-refractivity contribution is 6.30. The van der Waals surface area contributed by atoms with Gasteiger partial charge in [-0.25, -0.2) is 4.79 Å². The summed E-state index contributed by atoms with van der Waals surface area (Å²) in [6.07, 6.45) is 12.3. The number of carboxylic acid groups (broad SMARTS) is 1. The lowest BCUT2D eigenvalue weighted by molar-refractivity contribution is -0.144. The van der Waals surface area contributed by atoms with E-state index < -0.39 is 11.5 Å². The Hall–Kier alpha value is -4.08. The third-order valence-corrected chi connectivity index (χ3v) is 12.4. The number of ether oxygens (including phenoxy) is 3. The van der Waals surface area contributed by atoms with Crippen molar-refractivity contribution in [3.63, 3.8) is 0 Å². The molecule has 0 amide bonds. The van der Waals surface area contributed by atoms with Crippen molar-refractivity contribution >= 4 is 23.3 Å². The number of anilines is 1. The highest BCUT2D eigenvalue weighted by Crippen LogP contribution is 2.57. The molecule has 1 saturated carbocycles. The van der Waals surface area contributed by atoms with Gasteiger partial charge < -0.3 is 24.6 Å². The molecular weight excluding hydrogens is 688 g/mol. The number of benzene rings is 2. The minimum absolute atomic E-state index is 0.158. The SMILES string of the molecule is C[C@@H](COc1ccnc2c1[C@H](C)CCC2)CC1Cc2ccc(OCCCOCc3ccnn3C)cc2C12CCC(Nc1cccc(Cl)c1)(C(=O)O)CC2. The van der Waals surface area contributed by atoms with Gasteiger partial charge in [-0.15, -0.1) is 0 Å². The maximum atomic E-state index is 13.0. The first kappa shape index (κ1) is 37.2. The summed E-state index contributed by atoms with van der Waals surface area (Å²) in [4.78, 5) is 17.7. The van der Waals surface area contributed by atoms with Gasteiger partial charge in [0.1, 0.15) is 17.0 Å². The fraction of sp³-hybridized carbons (Fsp3) is 0.512. The zero-order valence-corrected chi connectivity index (χ0v) is 32.0. The van der Waals surface area contributed by atoms with Gasteiger partial charge >= 0.3 is 5.97 Å². The highest BCUT2D eigenvalue weighted by Gasteiger charge is 2.54. The van der Waals surface area contributed by atoms with Gasteiger partial charge in [-0.2, -0.15) is 5.10 Å². The molecule has 53 heavy (non-hydrogen) atoms. The second-order valence-corrected chi connectivity index (χ2v) is 16.2. The number of aliphatic carboxylic acids is 1. The number of hydrogen-bond acceptors (Lipinski definition) is 7. The molecule has 1 unspecified atom stereocenters. The van der Waals surface area contributed by atoms with Crippen molar-refractivity contribution in [2.75, 3.05) is 25.1 Å². The number of rotatable bonds is 15. The third kappa shape index (κ3) is 8.07. The number of aryl methyl sites for hydroxylation is 2. The Bertz CT molecular complexity index is 1890. The van der Waals surface area contributed by atoms with E-state index in [9.17, 15) is 9.90 Å². The average molecular weight is 741 g/mol. The Morgan fingerprint density at radius 1 is 1.08 bits per heavy atom. The summed E-state index contributed by atoms with van der Waals surface area (Å²) in [6.45, 7) is 6.89. The number of carboxylic acids is 1. The average Bonchev–Trinajstić information content (AvgIpc) is 3.69. The van der Waals surface area contributed by atoms with Crippen LogP contribution in [0, 0.1) is 11.8 Å². The monoisotopic (exact) mass is 740 g/mol. The lowest BCUT2D eigenvalue weighted by Crippen LogP contribution is -2.53. The predicted molar refractivity (Wildman–Crippen MR) is 207 cm³/mol. The molecule has 4 aromatic rings. The molecule has 2 N–H and O–H groups in total. The molecule has 1 fully saturated rings. The molecule has 0 aliphatic heterocycles. The van der Waals surface area contributed by atoms with Crippen LogP contribution in [0.3, 0.4) is 0 Å². The Labute approximate surface area is 318 Å². The van der Waals surface area contributed by atoms with Crippen molar-refractivity contribution in [2.45, 2.75) is 102 Å². The summed E-state index contributed by atoms with van der Waals surface area (Å²) in [6, 6.07) is 17.9. The summed E-state index contributed by atoms with van der Waals surface area (Å²) >= 11 is 6.30. The lowest BCUT2D eigenvalue weighted by atomic mass is 9.59. The third-order valence-electron chi connectivity index (χ3n) is 12.1. The van der Waals surface area contributed by atoms with Crippen molar-refractivity contribution in [1.82, 2.24) is 14.8 Å². The summed E-state index contributed by atoms with van der Waals surface area (Å²) < 4.78 is 20.6. The molecular formula is C43H53ClN4O5. The zero-order valence-electron chi connectivity index (χ0n) is 31.3. The first-order valence-electron chi connectivity index (χ1n) is 19.3. The van der Waals surface area contributed by atoms with E-state index in [1.54, 1.807) is 18.3 Å². The van der Waals surface area contributed by atoms with E-state index in [1.807, 2.05) is 42.2 Å². The van der Waals surface area contributed by atoms with Crippen molar-refractivity contribution in [3.8, 4) is 11.5 Å². The number of halogens is 1. The largest absolute Gasteiger partial charge is 0.493 e. The Morgan fingerprint density at radius 2 is 1.92 bits per heavy atom. The summed E-state index contributed by atoms with van der Waals surface area (Å²) in [5.41, 5.74) is 5.68. The van der Waals surface area contributed by atoms with Crippen molar-refractivity contribution < 1.29 is 24.1 Å². The number of aromatic nitrogens is 3. The molecule has 3 atom stereocenters.